The Morgan fingerprint density at radius 2 is 1.91 bits per heavy atom. The van der Waals surface area contributed by atoms with Crippen molar-refractivity contribution in [1.29, 1.82) is 5.26 Å². The molecule has 0 radical (unpaired) electrons. The van der Waals surface area contributed by atoms with E-state index in [1.165, 1.54) is 6.92 Å². The van der Waals surface area contributed by atoms with Gasteiger partial charge in [-0.15, -0.1) is 0 Å². The van der Waals surface area contributed by atoms with Crippen molar-refractivity contribution >= 4 is 23.2 Å². The summed E-state index contributed by atoms with van der Waals surface area (Å²) in [6, 6.07) is 17.6. The Balaban J connectivity index is 1.27. The van der Waals surface area contributed by atoms with E-state index in [1.54, 1.807) is 29.3 Å². The third-order valence-corrected chi connectivity index (χ3v) is 6.14. The highest BCUT2D eigenvalue weighted by Crippen LogP contribution is 2.28. The molecular weight excluding hydrogens is 444 g/mol. The zero-order valence-corrected chi connectivity index (χ0v) is 19.5. The standard InChI is InChI=1S/C26H26N6O3/c1-18(33)32-16-23(17-32)35-25-7-2-19(14-20(25)15-27)24-8-9-28-26(30-24)29-21-3-5-22(6-4-21)31-10-12-34-13-11-31/h2-9,14,23H,10-13,16-17H2,1H3,(H,28,29,30). The Morgan fingerprint density at radius 3 is 2.63 bits per heavy atom. The third-order valence-electron chi connectivity index (χ3n) is 6.14. The van der Waals surface area contributed by atoms with Crippen molar-refractivity contribution in [3.8, 4) is 23.1 Å². The first kappa shape index (κ1) is 22.6. The van der Waals surface area contributed by atoms with Crippen molar-refractivity contribution in [1.82, 2.24) is 14.9 Å². The van der Waals surface area contributed by atoms with Gasteiger partial charge in [-0.1, -0.05) is 0 Å². The van der Waals surface area contributed by atoms with Crippen LogP contribution < -0.4 is 15.0 Å². The number of likely N-dealkylation sites (tertiary alicyclic amines) is 1. The highest BCUT2D eigenvalue weighted by atomic mass is 16.5. The maximum Gasteiger partial charge on any atom is 0.227 e. The van der Waals surface area contributed by atoms with E-state index in [9.17, 15) is 10.1 Å². The number of ether oxygens (including phenoxy) is 2. The molecule has 2 aromatic carbocycles. The number of nitrogens with one attached hydrogen (secondary N) is 1. The number of nitrogens with zero attached hydrogens (tertiary/aromatic N) is 5. The minimum atomic E-state index is -0.0960. The zero-order valence-electron chi connectivity index (χ0n) is 19.5. The van der Waals surface area contributed by atoms with Crippen LogP contribution in [0.25, 0.3) is 11.3 Å². The summed E-state index contributed by atoms with van der Waals surface area (Å²) in [5.74, 6) is 1.01. The maximum absolute atomic E-state index is 11.4. The summed E-state index contributed by atoms with van der Waals surface area (Å²) < 4.78 is 11.3. The molecule has 0 bridgehead atoms. The monoisotopic (exact) mass is 470 g/mol. The molecule has 9 heteroatoms. The molecule has 0 unspecified atom stereocenters. The Labute approximate surface area is 203 Å². The molecule has 0 atom stereocenters. The van der Waals surface area contributed by atoms with Gasteiger partial charge < -0.3 is 24.6 Å². The van der Waals surface area contributed by atoms with Gasteiger partial charge in [0, 0.05) is 43.1 Å². The fraction of sp³-hybridized carbons (Fsp3) is 0.308. The van der Waals surface area contributed by atoms with Gasteiger partial charge >= 0.3 is 0 Å². The van der Waals surface area contributed by atoms with Gasteiger partial charge in [0.15, 0.2) is 0 Å². The predicted molar refractivity (Wildman–Crippen MR) is 132 cm³/mol. The topological polar surface area (TPSA) is 104 Å². The quantitative estimate of drug-likeness (QED) is 0.586. The second kappa shape index (κ2) is 9.99. The number of aromatic nitrogens is 2. The van der Waals surface area contributed by atoms with Crippen molar-refractivity contribution < 1.29 is 14.3 Å². The molecule has 5 rings (SSSR count). The van der Waals surface area contributed by atoms with Crippen molar-refractivity contribution in [3.05, 3.63) is 60.3 Å². The van der Waals surface area contributed by atoms with E-state index in [0.717, 1.165) is 43.2 Å². The van der Waals surface area contributed by atoms with Crippen molar-refractivity contribution in [2.75, 3.05) is 49.6 Å². The zero-order chi connectivity index (χ0) is 24.2. The number of nitriles is 1. The Kier molecular flexibility index (Phi) is 6.46. The van der Waals surface area contributed by atoms with Gasteiger partial charge in [0.2, 0.25) is 11.9 Å². The minimum Gasteiger partial charge on any atom is -0.485 e. The summed E-state index contributed by atoms with van der Waals surface area (Å²) in [5.41, 5.74) is 3.97. The lowest BCUT2D eigenvalue weighted by molar-refractivity contribution is -0.137. The Bertz CT molecular complexity index is 1240. The molecule has 35 heavy (non-hydrogen) atoms. The van der Waals surface area contributed by atoms with Crippen LogP contribution in [0.5, 0.6) is 5.75 Å². The summed E-state index contributed by atoms with van der Waals surface area (Å²) in [5, 5.41) is 12.9. The summed E-state index contributed by atoms with van der Waals surface area (Å²) in [6.45, 7) is 5.90. The average Bonchev–Trinajstić information content (AvgIpc) is 2.87. The summed E-state index contributed by atoms with van der Waals surface area (Å²) in [6.07, 6.45) is 1.59. The van der Waals surface area contributed by atoms with Gasteiger partial charge in [-0.05, 0) is 48.5 Å². The van der Waals surface area contributed by atoms with E-state index < -0.39 is 0 Å². The normalized spacial score (nSPS) is 15.8. The lowest BCUT2D eigenvalue weighted by Crippen LogP contribution is -2.55. The molecule has 2 aliphatic rings. The lowest BCUT2D eigenvalue weighted by atomic mass is 10.1. The number of anilines is 3. The average molecular weight is 471 g/mol. The molecule has 0 spiro atoms. The number of carbonyl (C=O) groups excluding carboxylic acids is 1. The van der Waals surface area contributed by atoms with E-state index in [0.29, 0.717) is 36.0 Å². The molecule has 2 saturated heterocycles. The number of hydrogen-bond acceptors (Lipinski definition) is 8. The van der Waals surface area contributed by atoms with E-state index in [4.69, 9.17) is 9.47 Å². The smallest absolute Gasteiger partial charge is 0.227 e. The SMILES string of the molecule is CC(=O)N1CC(Oc2ccc(-c3ccnc(Nc4ccc(N5CCOCC5)cc4)n3)cc2C#N)C1. The largest absolute Gasteiger partial charge is 0.485 e. The first-order valence-electron chi connectivity index (χ1n) is 11.6. The van der Waals surface area contributed by atoms with Crippen molar-refractivity contribution in [3.63, 3.8) is 0 Å². The first-order valence-corrected chi connectivity index (χ1v) is 11.6. The number of amides is 1. The Morgan fingerprint density at radius 1 is 1.14 bits per heavy atom. The van der Waals surface area contributed by atoms with Crippen LogP contribution in [0.3, 0.4) is 0 Å². The van der Waals surface area contributed by atoms with Gasteiger partial charge in [0.1, 0.15) is 17.9 Å². The van der Waals surface area contributed by atoms with Crippen LogP contribution in [0.2, 0.25) is 0 Å². The van der Waals surface area contributed by atoms with E-state index in [-0.39, 0.29) is 12.0 Å². The van der Waals surface area contributed by atoms with Crippen LogP contribution in [-0.2, 0) is 9.53 Å². The molecule has 3 aromatic rings. The molecule has 178 valence electrons. The van der Waals surface area contributed by atoms with Crippen LogP contribution in [-0.4, -0.2) is 66.3 Å². The summed E-state index contributed by atoms with van der Waals surface area (Å²) >= 11 is 0. The minimum absolute atomic E-state index is 0.0296. The van der Waals surface area contributed by atoms with E-state index in [1.807, 2.05) is 18.2 Å². The molecule has 9 nitrogen and oxygen atoms in total. The van der Waals surface area contributed by atoms with Crippen LogP contribution >= 0.6 is 0 Å². The van der Waals surface area contributed by atoms with Gasteiger partial charge in [0.05, 0.1) is 37.6 Å². The Hall–Kier alpha value is -4.16. The van der Waals surface area contributed by atoms with E-state index in [2.05, 4.69) is 38.4 Å². The van der Waals surface area contributed by atoms with Crippen LogP contribution in [0, 0.1) is 11.3 Å². The molecule has 0 aliphatic carbocycles. The number of hydrogen-bond donors (Lipinski definition) is 1. The molecule has 2 aliphatic heterocycles. The van der Waals surface area contributed by atoms with Gasteiger partial charge in [-0.25, -0.2) is 9.97 Å². The predicted octanol–water partition coefficient (Wildman–Crippen LogP) is 3.20. The number of carbonyl (C=O) groups is 1. The molecule has 1 N–H and O–H groups in total. The molecular formula is C26H26N6O3. The lowest BCUT2D eigenvalue weighted by Gasteiger charge is -2.38. The molecule has 1 aromatic heterocycles. The number of benzene rings is 2. The fourth-order valence-corrected chi connectivity index (χ4v) is 4.11. The molecule has 2 fully saturated rings. The number of morpholine rings is 1. The molecule has 1 amide bonds. The van der Waals surface area contributed by atoms with Crippen molar-refractivity contribution in [2.24, 2.45) is 0 Å². The van der Waals surface area contributed by atoms with Gasteiger partial charge in [-0.2, -0.15) is 5.26 Å². The third kappa shape index (κ3) is 5.18. The molecule has 3 heterocycles. The van der Waals surface area contributed by atoms with Crippen LogP contribution in [0.15, 0.2) is 54.7 Å². The van der Waals surface area contributed by atoms with Gasteiger partial charge in [-0.3, -0.25) is 4.79 Å². The maximum atomic E-state index is 11.4. The molecule has 0 saturated carbocycles. The van der Waals surface area contributed by atoms with Crippen LogP contribution in [0.1, 0.15) is 12.5 Å². The van der Waals surface area contributed by atoms with Crippen LogP contribution in [0.4, 0.5) is 17.3 Å². The highest BCUT2D eigenvalue weighted by Gasteiger charge is 2.30. The number of rotatable bonds is 6. The second-order valence-electron chi connectivity index (χ2n) is 8.52. The summed E-state index contributed by atoms with van der Waals surface area (Å²) in [4.78, 5) is 24.3. The second-order valence-corrected chi connectivity index (χ2v) is 8.52. The van der Waals surface area contributed by atoms with Gasteiger partial charge in [0.25, 0.3) is 0 Å². The first-order chi connectivity index (χ1) is 17.1. The van der Waals surface area contributed by atoms with E-state index >= 15 is 0 Å². The van der Waals surface area contributed by atoms with Crippen molar-refractivity contribution in [2.45, 2.75) is 13.0 Å². The summed E-state index contributed by atoms with van der Waals surface area (Å²) in [7, 11) is 0. The fourth-order valence-electron chi connectivity index (χ4n) is 4.11. The highest BCUT2D eigenvalue weighted by molar-refractivity contribution is 5.74.